The minimum atomic E-state index is -0.643. The van der Waals surface area contributed by atoms with Crippen molar-refractivity contribution in [2.24, 2.45) is 5.92 Å². The number of carbonyl (C=O) groups excluding carboxylic acids is 2. The summed E-state index contributed by atoms with van der Waals surface area (Å²) in [6.07, 6.45) is 0.0739. The molecule has 1 aliphatic carbocycles. The molecule has 2 N–H and O–H groups in total. The van der Waals surface area contributed by atoms with Crippen LogP contribution < -0.4 is 15.4 Å². The van der Waals surface area contributed by atoms with E-state index < -0.39 is 11.7 Å². The molecule has 2 unspecified atom stereocenters. The molecule has 0 saturated heterocycles. The van der Waals surface area contributed by atoms with Gasteiger partial charge in [0.1, 0.15) is 17.2 Å². The average molecular weight is 400 g/mol. The van der Waals surface area contributed by atoms with E-state index in [0.717, 1.165) is 5.56 Å². The molecule has 1 aliphatic rings. The quantitative estimate of drug-likeness (QED) is 0.747. The molecule has 0 bridgehead atoms. The number of rotatable bonds is 5. The van der Waals surface area contributed by atoms with Crippen LogP contribution in [0, 0.1) is 11.7 Å². The van der Waals surface area contributed by atoms with Crippen LogP contribution in [0.3, 0.4) is 0 Å². The molecule has 0 radical (unpaired) electrons. The molecule has 7 heteroatoms. The van der Waals surface area contributed by atoms with Gasteiger partial charge in [0.15, 0.2) is 0 Å². The topological polar surface area (TPSA) is 76.7 Å². The third kappa shape index (κ3) is 5.47. The van der Waals surface area contributed by atoms with Gasteiger partial charge in [-0.05, 0) is 62.9 Å². The van der Waals surface area contributed by atoms with E-state index in [2.05, 4.69) is 10.6 Å². The zero-order valence-corrected chi connectivity index (χ0v) is 16.9. The van der Waals surface area contributed by atoms with Crippen LogP contribution in [-0.4, -0.2) is 24.7 Å². The Morgan fingerprint density at radius 1 is 1.03 bits per heavy atom. The number of nitrogens with one attached hydrogen (secondary N) is 2. The second kappa shape index (κ2) is 8.11. The number of amides is 2. The number of hydrogen-bond acceptors (Lipinski definition) is 4. The number of benzene rings is 2. The first-order chi connectivity index (χ1) is 13.7. The van der Waals surface area contributed by atoms with Crippen molar-refractivity contribution < 1.29 is 23.5 Å². The van der Waals surface area contributed by atoms with E-state index in [4.69, 9.17) is 9.47 Å². The number of ether oxygens (including phenoxy) is 2. The summed E-state index contributed by atoms with van der Waals surface area (Å²) in [6.45, 7) is 5.31. The number of methoxy groups -OCH3 is 1. The van der Waals surface area contributed by atoms with E-state index in [9.17, 15) is 14.0 Å². The van der Waals surface area contributed by atoms with Crippen molar-refractivity contribution in [3.63, 3.8) is 0 Å². The van der Waals surface area contributed by atoms with Crippen molar-refractivity contribution >= 4 is 23.4 Å². The predicted molar refractivity (Wildman–Crippen MR) is 109 cm³/mol. The zero-order chi connectivity index (χ0) is 21.2. The highest BCUT2D eigenvalue weighted by Crippen LogP contribution is 2.48. The summed E-state index contributed by atoms with van der Waals surface area (Å²) in [7, 11) is 1.52. The van der Waals surface area contributed by atoms with Crippen LogP contribution in [0.4, 0.5) is 20.6 Å². The molecule has 0 spiro atoms. The molecule has 0 aliphatic heterocycles. The molecule has 2 aromatic rings. The van der Waals surface area contributed by atoms with Gasteiger partial charge in [-0.2, -0.15) is 0 Å². The third-order valence-corrected chi connectivity index (χ3v) is 4.55. The fraction of sp³-hybridized carbons (Fsp3) is 0.364. The number of carbonyl (C=O) groups is 2. The van der Waals surface area contributed by atoms with E-state index in [1.807, 2.05) is 0 Å². The van der Waals surface area contributed by atoms with Crippen LogP contribution in [0.15, 0.2) is 42.5 Å². The van der Waals surface area contributed by atoms with E-state index >= 15 is 0 Å². The third-order valence-electron chi connectivity index (χ3n) is 4.55. The van der Waals surface area contributed by atoms with Gasteiger partial charge in [0.25, 0.3) is 0 Å². The lowest BCUT2D eigenvalue weighted by molar-refractivity contribution is -0.117. The maximum Gasteiger partial charge on any atom is 0.412 e. The van der Waals surface area contributed by atoms with Crippen molar-refractivity contribution in [3.05, 3.63) is 53.8 Å². The SMILES string of the molecule is COc1ccc(NC(=O)OC(C)(C)C)c(NC(=O)C2CC2c2ccc(F)cc2)c1. The molecule has 2 amide bonds. The van der Waals surface area contributed by atoms with Gasteiger partial charge in [-0.25, -0.2) is 9.18 Å². The summed E-state index contributed by atoms with van der Waals surface area (Å²) >= 11 is 0. The van der Waals surface area contributed by atoms with Crippen LogP contribution in [0.1, 0.15) is 38.7 Å². The highest BCUT2D eigenvalue weighted by Gasteiger charge is 2.44. The number of hydrogen-bond donors (Lipinski definition) is 2. The molecular weight excluding hydrogens is 375 g/mol. The van der Waals surface area contributed by atoms with Gasteiger partial charge in [0, 0.05) is 12.0 Å². The summed E-state index contributed by atoms with van der Waals surface area (Å²) < 4.78 is 23.6. The van der Waals surface area contributed by atoms with Gasteiger partial charge in [0.05, 0.1) is 18.5 Å². The first-order valence-corrected chi connectivity index (χ1v) is 9.40. The van der Waals surface area contributed by atoms with Crippen LogP contribution in [0.5, 0.6) is 5.75 Å². The predicted octanol–water partition coefficient (Wildman–Crippen LogP) is 4.92. The second-order valence-corrected chi connectivity index (χ2v) is 8.03. The largest absolute Gasteiger partial charge is 0.497 e. The first-order valence-electron chi connectivity index (χ1n) is 9.40. The Hall–Kier alpha value is -3.09. The highest BCUT2D eigenvalue weighted by molar-refractivity contribution is 6.00. The molecule has 2 aromatic carbocycles. The van der Waals surface area contributed by atoms with Gasteiger partial charge >= 0.3 is 6.09 Å². The van der Waals surface area contributed by atoms with Crippen molar-refractivity contribution in [1.82, 2.24) is 0 Å². The van der Waals surface area contributed by atoms with E-state index in [1.54, 1.807) is 51.1 Å². The van der Waals surface area contributed by atoms with Crippen LogP contribution in [0.25, 0.3) is 0 Å². The summed E-state index contributed by atoms with van der Waals surface area (Å²) in [6, 6.07) is 11.2. The molecule has 6 nitrogen and oxygen atoms in total. The molecular formula is C22H25FN2O4. The Morgan fingerprint density at radius 2 is 1.72 bits per heavy atom. The van der Waals surface area contributed by atoms with Crippen LogP contribution >= 0.6 is 0 Å². The number of halogens is 1. The molecule has 1 fully saturated rings. The van der Waals surface area contributed by atoms with Crippen molar-refractivity contribution in [2.45, 2.75) is 38.7 Å². The monoisotopic (exact) mass is 400 g/mol. The number of anilines is 2. The fourth-order valence-corrected chi connectivity index (χ4v) is 3.06. The Labute approximate surface area is 169 Å². The maximum atomic E-state index is 13.1. The maximum absolute atomic E-state index is 13.1. The Balaban J connectivity index is 1.71. The smallest absolute Gasteiger partial charge is 0.412 e. The Kier molecular flexibility index (Phi) is 5.77. The first kappa shape index (κ1) is 20.6. The molecule has 3 rings (SSSR count). The summed E-state index contributed by atoms with van der Waals surface area (Å²) in [5.74, 6) is -0.0742. The van der Waals surface area contributed by atoms with Crippen molar-refractivity contribution in [1.29, 1.82) is 0 Å². The Morgan fingerprint density at radius 3 is 2.34 bits per heavy atom. The lowest BCUT2D eigenvalue weighted by atomic mass is 10.1. The van der Waals surface area contributed by atoms with Crippen molar-refractivity contribution in [3.8, 4) is 5.75 Å². The van der Waals surface area contributed by atoms with Gasteiger partial charge in [0.2, 0.25) is 5.91 Å². The van der Waals surface area contributed by atoms with Gasteiger partial charge < -0.3 is 14.8 Å². The summed E-state index contributed by atoms with van der Waals surface area (Å²) in [5, 5.41) is 5.52. The van der Waals surface area contributed by atoms with Gasteiger partial charge in [-0.3, -0.25) is 10.1 Å². The average Bonchev–Trinajstić information content (AvgIpc) is 3.43. The Bertz CT molecular complexity index is 906. The summed E-state index contributed by atoms with van der Waals surface area (Å²) in [4.78, 5) is 24.8. The molecule has 1 saturated carbocycles. The lowest BCUT2D eigenvalue weighted by Crippen LogP contribution is -2.27. The normalized spacial score (nSPS) is 18.0. The second-order valence-electron chi connectivity index (χ2n) is 8.03. The van der Waals surface area contributed by atoms with Gasteiger partial charge in [-0.15, -0.1) is 0 Å². The molecule has 0 heterocycles. The summed E-state index contributed by atoms with van der Waals surface area (Å²) in [5.41, 5.74) is 1.12. The van der Waals surface area contributed by atoms with Crippen LogP contribution in [0.2, 0.25) is 0 Å². The highest BCUT2D eigenvalue weighted by atomic mass is 19.1. The minimum Gasteiger partial charge on any atom is -0.497 e. The molecule has 154 valence electrons. The van der Waals surface area contributed by atoms with Crippen molar-refractivity contribution in [2.75, 3.05) is 17.7 Å². The van der Waals surface area contributed by atoms with E-state index in [-0.39, 0.29) is 23.6 Å². The fourth-order valence-electron chi connectivity index (χ4n) is 3.06. The standard InChI is InChI=1S/C22H25FN2O4/c1-22(2,3)29-21(27)25-18-10-9-15(28-4)11-19(18)24-20(26)17-12-16(17)13-5-7-14(23)8-6-13/h5-11,16-17H,12H2,1-4H3,(H,24,26)(H,25,27). The molecule has 29 heavy (non-hydrogen) atoms. The molecule has 2 atom stereocenters. The molecule has 0 aromatic heterocycles. The van der Waals surface area contributed by atoms with Gasteiger partial charge in [-0.1, -0.05) is 12.1 Å². The zero-order valence-electron chi connectivity index (χ0n) is 16.9. The van der Waals surface area contributed by atoms with E-state index in [1.165, 1.54) is 19.2 Å². The lowest BCUT2D eigenvalue weighted by Gasteiger charge is -2.20. The van der Waals surface area contributed by atoms with Crippen LogP contribution in [-0.2, 0) is 9.53 Å². The minimum absolute atomic E-state index is 0.0588. The van der Waals surface area contributed by atoms with E-state index in [0.29, 0.717) is 23.5 Å².